The van der Waals surface area contributed by atoms with Crippen LogP contribution >= 0.6 is 11.3 Å². The average Bonchev–Trinajstić information content (AvgIpc) is 3.03. The molecule has 0 radical (unpaired) electrons. The maximum atomic E-state index is 12.8. The van der Waals surface area contributed by atoms with Gasteiger partial charge in [-0.1, -0.05) is 30.3 Å². The van der Waals surface area contributed by atoms with Gasteiger partial charge in [0.15, 0.2) is 0 Å². The molecule has 0 amide bonds. The van der Waals surface area contributed by atoms with Crippen LogP contribution in [0.2, 0.25) is 0 Å². The Morgan fingerprint density at radius 3 is 2.23 bits per heavy atom. The molecule has 0 atom stereocenters. The number of alkyl halides is 3. The summed E-state index contributed by atoms with van der Waals surface area (Å²) in [6.45, 7) is 3.46. The second-order valence-electron chi connectivity index (χ2n) is 6.45. The van der Waals surface area contributed by atoms with Crippen molar-refractivity contribution in [2.75, 3.05) is 11.3 Å². The molecule has 164 valence electrons. The molecule has 0 bridgehead atoms. The van der Waals surface area contributed by atoms with Gasteiger partial charge in [0.25, 0.3) is 10.0 Å². The Kier molecular flexibility index (Phi) is 6.42. The van der Waals surface area contributed by atoms with Gasteiger partial charge in [-0.15, -0.1) is 11.3 Å². The van der Waals surface area contributed by atoms with Crippen LogP contribution in [0.4, 0.5) is 18.2 Å². The minimum atomic E-state index is -4.58. The summed E-state index contributed by atoms with van der Waals surface area (Å²) >= 11 is 1.05. The van der Waals surface area contributed by atoms with Crippen LogP contribution in [0.5, 0.6) is 0 Å². The highest BCUT2D eigenvalue weighted by Gasteiger charge is 2.31. The number of hydrogen-bond donors (Lipinski definition) is 1. The maximum Gasteiger partial charge on any atom is 0.416 e. The van der Waals surface area contributed by atoms with E-state index in [1.165, 1.54) is 0 Å². The van der Waals surface area contributed by atoms with E-state index < -0.39 is 27.7 Å². The third-order valence-electron chi connectivity index (χ3n) is 4.35. The second kappa shape index (κ2) is 8.72. The van der Waals surface area contributed by atoms with Gasteiger partial charge >= 0.3 is 12.1 Å². The monoisotopic (exact) mass is 469 g/mol. The number of hydrogen-bond acceptors (Lipinski definition) is 5. The highest BCUT2D eigenvalue weighted by molar-refractivity contribution is 7.93. The van der Waals surface area contributed by atoms with Crippen molar-refractivity contribution in [3.8, 4) is 11.1 Å². The van der Waals surface area contributed by atoms with E-state index in [1.807, 2.05) is 6.07 Å². The SMILES string of the molecule is CCOC(=O)c1c(NS(=O)(=O)c2ccc(C(F)(F)F)cc2)sc(C)c1-c1ccccc1. The third-order valence-corrected chi connectivity index (χ3v) is 6.86. The standard InChI is InChI=1S/C21H18F3NO4S2/c1-3-29-20(26)18-17(14-7-5-4-6-8-14)13(2)30-19(18)25-31(27,28)16-11-9-15(10-12-16)21(22,23)24/h4-12,25H,3H2,1-2H3. The third kappa shape index (κ3) is 4.91. The fourth-order valence-corrected chi connectivity index (χ4v) is 5.34. The zero-order valence-electron chi connectivity index (χ0n) is 16.5. The summed E-state index contributed by atoms with van der Waals surface area (Å²) in [5, 5.41) is 0.0368. The van der Waals surface area contributed by atoms with Crippen LogP contribution in [0.1, 0.15) is 27.7 Å². The molecule has 3 rings (SSSR count). The number of thiophene rings is 1. The first-order chi connectivity index (χ1) is 14.5. The summed E-state index contributed by atoms with van der Waals surface area (Å²) in [4.78, 5) is 13.0. The molecular formula is C21H18F3NO4S2. The van der Waals surface area contributed by atoms with Crippen molar-refractivity contribution >= 4 is 32.3 Å². The van der Waals surface area contributed by atoms with Gasteiger partial charge in [-0.05, 0) is 43.7 Å². The van der Waals surface area contributed by atoms with E-state index in [0.29, 0.717) is 28.1 Å². The van der Waals surface area contributed by atoms with Crippen molar-refractivity contribution in [1.82, 2.24) is 0 Å². The molecule has 5 nitrogen and oxygen atoms in total. The molecule has 1 heterocycles. The molecule has 1 N–H and O–H groups in total. The first-order valence-electron chi connectivity index (χ1n) is 9.10. The zero-order chi connectivity index (χ0) is 22.8. The van der Waals surface area contributed by atoms with Crippen LogP contribution < -0.4 is 4.72 Å². The van der Waals surface area contributed by atoms with Crippen LogP contribution in [0.25, 0.3) is 11.1 Å². The van der Waals surface area contributed by atoms with E-state index in [-0.39, 0.29) is 22.1 Å². The number of esters is 1. The second-order valence-corrected chi connectivity index (χ2v) is 9.36. The predicted molar refractivity (Wildman–Crippen MR) is 113 cm³/mol. The van der Waals surface area contributed by atoms with E-state index >= 15 is 0 Å². The van der Waals surface area contributed by atoms with Gasteiger partial charge in [-0.3, -0.25) is 4.72 Å². The lowest BCUT2D eigenvalue weighted by molar-refractivity contribution is -0.137. The largest absolute Gasteiger partial charge is 0.462 e. The molecule has 1 aromatic heterocycles. The smallest absolute Gasteiger partial charge is 0.416 e. The normalized spacial score (nSPS) is 11.9. The van der Waals surface area contributed by atoms with Gasteiger partial charge < -0.3 is 4.74 Å². The molecule has 0 unspecified atom stereocenters. The first-order valence-corrected chi connectivity index (χ1v) is 11.4. The van der Waals surface area contributed by atoms with Crippen LogP contribution in [0.3, 0.4) is 0 Å². The molecule has 3 aromatic rings. The minimum absolute atomic E-state index is 0.0368. The quantitative estimate of drug-likeness (QED) is 0.469. The summed E-state index contributed by atoms with van der Waals surface area (Å²) in [7, 11) is -4.25. The summed E-state index contributed by atoms with van der Waals surface area (Å²) < 4.78 is 71.4. The predicted octanol–water partition coefficient (Wildman–Crippen LogP) is 5.72. The average molecular weight is 470 g/mol. The van der Waals surface area contributed by atoms with Gasteiger partial charge in [-0.25, -0.2) is 13.2 Å². The summed E-state index contributed by atoms with van der Waals surface area (Å²) in [6.07, 6.45) is -4.58. The number of carbonyl (C=O) groups excluding carboxylic acids is 1. The maximum absolute atomic E-state index is 12.8. The summed E-state index contributed by atoms with van der Waals surface area (Å²) in [5.41, 5.74) is 0.344. The van der Waals surface area contributed by atoms with Crippen LogP contribution in [0, 0.1) is 6.92 Å². The van der Waals surface area contributed by atoms with Gasteiger partial charge in [0.05, 0.1) is 17.1 Å². The lowest BCUT2D eigenvalue weighted by Gasteiger charge is -2.11. The molecular weight excluding hydrogens is 451 g/mol. The minimum Gasteiger partial charge on any atom is -0.462 e. The zero-order valence-corrected chi connectivity index (χ0v) is 18.1. The van der Waals surface area contributed by atoms with E-state index in [4.69, 9.17) is 4.74 Å². The lowest BCUT2D eigenvalue weighted by Crippen LogP contribution is -2.16. The highest BCUT2D eigenvalue weighted by atomic mass is 32.2. The van der Waals surface area contributed by atoms with Crippen molar-refractivity contribution < 1.29 is 31.1 Å². The topological polar surface area (TPSA) is 72.5 Å². The fourth-order valence-electron chi connectivity index (χ4n) is 2.97. The molecule has 0 fully saturated rings. The van der Waals surface area contributed by atoms with Crippen LogP contribution in [-0.4, -0.2) is 21.0 Å². The Bertz CT molecular complexity index is 1190. The number of carbonyl (C=O) groups is 1. The summed E-state index contributed by atoms with van der Waals surface area (Å²) in [6, 6.07) is 12.1. The molecule has 0 aliphatic rings. The molecule has 0 spiro atoms. The Morgan fingerprint density at radius 1 is 1.06 bits per heavy atom. The number of rotatable bonds is 6. The Morgan fingerprint density at radius 2 is 1.68 bits per heavy atom. The number of aryl methyl sites for hydroxylation is 1. The van der Waals surface area contributed by atoms with E-state index in [0.717, 1.165) is 23.5 Å². The molecule has 0 aliphatic carbocycles. The van der Waals surface area contributed by atoms with Crippen LogP contribution in [0.15, 0.2) is 59.5 Å². The fraction of sp³-hybridized carbons (Fsp3) is 0.190. The first kappa shape index (κ1) is 22.8. The number of sulfonamides is 1. The Labute approximate surface area is 181 Å². The Balaban J connectivity index is 2.05. The van der Waals surface area contributed by atoms with Gasteiger partial charge in [0.2, 0.25) is 0 Å². The molecule has 0 saturated carbocycles. The van der Waals surface area contributed by atoms with Crippen LogP contribution in [-0.2, 0) is 20.9 Å². The molecule has 10 heteroatoms. The van der Waals surface area contributed by atoms with Gasteiger partial charge in [0, 0.05) is 10.4 Å². The highest BCUT2D eigenvalue weighted by Crippen LogP contribution is 2.41. The molecule has 0 aliphatic heterocycles. The lowest BCUT2D eigenvalue weighted by atomic mass is 10.0. The number of halogens is 3. The van der Waals surface area contributed by atoms with Crippen molar-refractivity contribution in [2.24, 2.45) is 0 Å². The molecule has 31 heavy (non-hydrogen) atoms. The van der Waals surface area contributed by atoms with Crippen molar-refractivity contribution in [2.45, 2.75) is 24.9 Å². The van der Waals surface area contributed by atoms with Crippen molar-refractivity contribution in [3.63, 3.8) is 0 Å². The number of nitrogens with one attached hydrogen (secondary N) is 1. The Hall–Kier alpha value is -2.85. The van der Waals surface area contributed by atoms with Crippen molar-refractivity contribution in [3.05, 3.63) is 70.6 Å². The summed E-state index contributed by atoms with van der Waals surface area (Å²) in [5.74, 6) is -0.698. The molecule has 2 aromatic carbocycles. The van der Waals surface area contributed by atoms with E-state index in [9.17, 15) is 26.4 Å². The molecule has 0 saturated heterocycles. The number of anilines is 1. The van der Waals surface area contributed by atoms with E-state index in [2.05, 4.69) is 4.72 Å². The van der Waals surface area contributed by atoms with E-state index in [1.54, 1.807) is 38.1 Å². The number of benzene rings is 2. The van der Waals surface area contributed by atoms with Gasteiger partial charge in [-0.2, -0.15) is 13.2 Å². The van der Waals surface area contributed by atoms with Crippen molar-refractivity contribution in [1.29, 1.82) is 0 Å². The van der Waals surface area contributed by atoms with Gasteiger partial charge in [0.1, 0.15) is 10.6 Å². The number of ether oxygens (including phenoxy) is 1.